The zero-order chi connectivity index (χ0) is 12.3. The lowest BCUT2D eigenvalue weighted by molar-refractivity contribution is -0.141. The van der Waals surface area contributed by atoms with E-state index in [2.05, 4.69) is 15.3 Å². The smallest absolute Gasteiger partial charge is 0.306 e. The van der Waals surface area contributed by atoms with E-state index < -0.39 is 5.97 Å². The van der Waals surface area contributed by atoms with Gasteiger partial charge in [0.1, 0.15) is 5.82 Å². The SMILES string of the molecule is O=C(O)[C@H]1CC[C@@H](C(=O)NCc2ncc[nH]2)C1. The predicted molar refractivity (Wildman–Crippen MR) is 58.9 cm³/mol. The normalized spacial score (nSPS) is 23.5. The van der Waals surface area contributed by atoms with Crippen molar-refractivity contribution in [3.63, 3.8) is 0 Å². The average molecular weight is 237 g/mol. The highest BCUT2D eigenvalue weighted by Gasteiger charge is 2.33. The number of rotatable bonds is 4. The quantitative estimate of drug-likeness (QED) is 0.711. The second kappa shape index (κ2) is 4.99. The van der Waals surface area contributed by atoms with Crippen LogP contribution in [0.15, 0.2) is 12.4 Å². The lowest BCUT2D eigenvalue weighted by atomic mass is 10.0. The molecule has 1 aromatic rings. The molecule has 0 radical (unpaired) electrons. The molecule has 1 amide bonds. The highest BCUT2D eigenvalue weighted by Crippen LogP contribution is 2.31. The molecule has 0 aliphatic heterocycles. The van der Waals surface area contributed by atoms with Gasteiger partial charge in [0.2, 0.25) is 5.91 Å². The highest BCUT2D eigenvalue weighted by atomic mass is 16.4. The van der Waals surface area contributed by atoms with Gasteiger partial charge in [-0.15, -0.1) is 0 Å². The Balaban J connectivity index is 1.79. The first kappa shape index (κ1) is 11.6. The first-order valence-electron chi connectivity index (χ1n) is 5.65. The van der Waals surface area contributed by atoms with Crippen molar-refractivity contribution in [3.05, 3.63) is 18.2 Å². The van der Waals surface area contributed by atoms with E-state index in [-0.39, 0.29) is 17.7 Å². The molecular weight excluding hydrogens is 222 g/mol. The van der Waals surface area contributed by atoms with E-state index in [1.54, 1.807) is 12.4 Å². The molecule has 92 valence electrons. The van der Waals surface area contributed by atoms with Crippen LogP contribution in [0.3, 0.4) is 0 Å². The van der Waals surface area contributed by atoms with E-state index in [4.69, 9.17) is 5.11 Å². The fourth-order valence-electron chi connectivity index (χ4n) is 2.15. The van der Waals surface area contributed by atoms with E-state index in [0.29, 0.717) is 31.6 Å². The van der Waals surface area contributed by atoms with E-state index in [1.807, 2.05) is 0 Å². The largest absolute Gasteiger partial charge is 0.481 e. The molecule has 0 spiro atoms. The number of carbonyl (C=O) groups is 2. The molecule has 1 aliphatic carbocycles. The molecule has 1 aromatic heterocycles. The van der Waals surface area contributed by atoms with Gasteiger partial charge in [-0.05, 0) is 19.3 Å². The maximum atomic E-state index is 11.8. The second-order valence-corrected chi connectivity index (χ2v) is 4.30. The third-order valence-corrected chi connectivity index (χ3v) is 3.14. The molecule has 3 N–H and O–H groups in total. The van der Waals surface area contributed by atoms with Crippen molar-refractivity contribution in [2.45, 2.75) is 25.8 Å². The average Bonchev–Trinajstić information content (AvgIpc) is 2.96. The molecular formula is C11H15N3O3. The number of hydrogen-bond donors (Lipinski definition) is 3. The van der Waals surface area contributed by atoms with Crippen molar-refractivity contribution < 1.29 is 14.7 Å². The predicted octanol–water partition coefficient (Wildman–Crippen LogP) is 0.527. The van der Waals surface area contributed by atoms with Crippen LogP contribution >= 0.6 is 0 Å². The molecule has 6 heteroatoms. The van der Waals surface area contributed by atoms with Gasteiger partial charge in [0.15, 0.2) is 0 Å². The molecule has 2 atom stereocenters. The van der Waals surface area contributed by atoms with Gasteiger partial charge in [0, 0.05) is 18.3 Å². The standard InChI is InChI=1S/C11H15N3O3/c15-10(14-6-9-12-3-4-13-9)7-1-2-8(5-7)11(16)17/h3-4,7-8H,1-2,5-6H2,(H,12,13)(H,14,15)(H,16,17)/t7-,8+/m1/s1. The summed E-state index contributed by atoms with van der Waals surface area (Å²) in [7, 11) is 0. The maximum absolute atomic E-state index is 11.8. The van der Waals surface area contributed by atoms with Crippen LogP contribution in [0.25, 0.3) is 0 Å². The molecule has 1 heterocycles. The Morgan fingerprint density at radius 1 is 1.47 bits per heavy atom. The third kappa shape index (κ3) is 2.83. The maximum Gasteiger partial charge on any atom is 0.306 e. The highest BCUT2D eigenvalue weighted by molar-refractivity contribution is 5.80. The second-order valence-electron chi connectivity index (χ2n) is 4.30. The first-order valence-corrected chi connectivity index (χ1v) is 5.65. The van der Waals surface area contributed by atoms with E-state index >= 15 is 0 Å². The number of nitrogens with one attached hydrogen (secondary N) is 2. The van der Waals surface area contributed by atoms with Crippen LogP contribution in [0.4, 0.5) is 0 Å². The molecule has 2 rings (SSSR count). The molecule has 0 saturated heterocycles. The van der Waals surface area contributed by atoms with Gasteiger partial charge in [-0.2, -0.15) is 0 Å². The van der Waals surface area contributed by atoms with Crippen molar-refractivity contribution in [1.29, 1.82) is 0 Å². The van der Waals surface area contributed by atoms with E-state index in [9.17, 15) is 9.59 Å². The first-order chi connectivity index (χ1) is 8.16. The van der Waals surface area contributed by atoms with Crippen molar-refractivity contribution in [2.75, 3.05) is 0 Å². The lowest BCUT2D eigenvalue weighted by Crippen LogP contribution is -2.29. The Morgan fingerprint density at radius 2 is 2.24 bits per heavy atom. The summed E-state index contributed by atoms with van der Waals surface area (Å²) in [4.78, 5) is 29.4. The number of carboxylic acids is 1. The Labute approximate surface area is 98.4 Å². The lowest BCUT2D eigenvalue weighted by Gasteiger charge is -2.09. The van der Waals surface area contributed by atoms with Crippen molar-refractivity contribution >= 4 is 11.9 Å². The van der Waals surface area contributed by atoms with Crippen LogP contribution in [0.2, 0.25) is 0 Å². The number of aliphatic carboxylic acids is 1. The number of nitrogens with zero attached hydrogens (tertiary/aromatic N) is 1. The monoisotopic (exact) mass is 237 g/mol. The fourth-order valence-corrected chi connectivity index (χ4v) is 2.15. The Bertz CT molecular complexity index is 402. The Kier molecular flexibility index (Phi) is 3.41. The topological polar surface area (TPSA) is 95.1 Å². The van der Waals surface area contributed by atoms with Gasteiger partial charge in [-0.25, -0.2) is 4.98 Å². The van der Waals surface area contributed by atoms with Gasteiger partial charge >= 0.3 is 5.97 Å². The Morgan fingerprint density at radius 3 is 2.82 bits per heavy atom. The summed E-state index contributed by atoms with van der Waals surface area (Å²) in [5.41, 5.74) is 0. The summed E-state index contributed by atoms with van der Waals surface area (Å²) in [6, 6.07) is 0. The number of hydrogen-bond acceptors (Lipinski definition) is 3. The number of aromatic amines is 1. The van der Waals surface area contributed by atoms with Gasteiger partial charge < -0.3 is 15.4 Å². The summed E-state index contributed by atoms with van der Waals surface area (Å²) < 4.78 is 0. The van der Waals surface area contributed by atoms with E-state index in [0.717, 1.165) is 0 Å². The van der Waals surface area contributed by atoms with Crippen LogP contribution in [0, 0.1) is 11.8 Å². The van der Waals surface area contributed by atoms with Crippen LogP contribution in [-0.2, 0) is 16.1 Å². The van der Waals surface area contributed by atoms with Gasteiger partial charge in [-0.1, -0.05) is 0 Å². The van der Waals surface area contributed by atoms with Gasteiger partial charge in [0.25, 0.3) is 0 Å². The minimum atomic E-state index is -0.800. The number of amides is 1. The number of carboxylic acid groups (broad SMARTS) is 1. The third-order valence-electron chi connectivity index (χ3n) is 3.14. The molecule has 1 saturated carbocycles. The van der Waals surface area contributed by atoms with E-state index in [1.165, 1.54) is 0 Å². The minimum Gasteiger partial charge on any atom is -0.481 e. The van der Waals surface area contributed by atoms with Crippen LogP contribution in [-0.4, -0.2) is 27.0 Å². The zero-order valence-electron chi connectivity index (χ0n) is 9.35. The molecule has 6 nitrogen and oxygen atoms in total. The fraction of sp³-hybridized carbons (Fsp3) is 0.545. The molecule has 0 bridgehead atoms. The summed E-state index contributed by atoms with van der Waals surface area (Å²) in [6.45, 7) is 0.361. The van der Waals surface area contributed by atoms with Crippen LogP contribution in [0.1, 0.15) is 25.1 Å². The van der Waals surface area contributed by atoms with Crippen LogP contribution < -0.4 is 5.32 Å². The van der Waals surface area contributed by atoms with Crippen LogP contribution in [0.5, 0.6) is 0 Å². The number of imidazole rings is 1. The summed E-state index contributed by atoms with van der Waals surface area (Å²) in [5.74, 6) is -0.719. The molecule has 0 unspecified atom stereocenters. The molecule has 0 aromatic carbocycles. The Hall–Kier alpha value is -1.85. The number of carbonyl (C=O) groups excluding carboxylic acids is 1. The van der Waals surface area contributed by atoms with Crippen molar-refractivity contribution in [3.8, 4) is 0 Å². The van der Waals surface area contributed by atoms with Gasteiger partial charge in [0.05, 0.1) is 12.5 Å². The van der Waals surface area contributed by atoms with Crippen molar-refractivity contribution in [1.82, 2.24) is 15.3 Å². The summed E-state index contributed by atoms with van der Waals surface area (Å²) in [5, 5.41) is 11.6. The number of H-pyrrole nitrogens is 1. The molecule has 17 heavy (non-hydrogen) atoms. The van der Waals surface area contributed by atoms with Crippen molar-refractivity contribution in [2.24, 2.45) is 11.8 Å². The molecule has 1 fully saturated rings. The summed E-state index contributed by atoms with van der Waals surface area (Å²) in [6.07, 6.45) is 5.00. The summed E-state index contributed by atoms with van der Waals surface area (Å²) >= 11 is 0. The number of aromatic nitrogens is 2. The minimum absolute atomic E-state index is 0.0786. The zero-order valence-corrected chi connectivity index (χ0v) is 9.35. The molecule has 1 aliphatic rings. The van der Waals surface area contributed by atoms with Gasteiger partial charge in [-0.3, -0.25) is 9.59 Å².